The fourth-order valence-electron chi connectivity index (χ4n) is 3.16. The van der Waals surface area contributed by atoms with Crippen LogP contribution in [0.25, 0.3) is 0 Å². The van der Waals surface area contributed by atoms with Crippen LogP contribution in [0.3, 0.4) is 0 Å². The van der Waals surface area contributed by atoms with E-state index in [1.54, 1.807) is 18.3 Å². The van der Waals surface area contributed by atoms with Gasteiger partial charge in [0, 0.05) is 38.0 Å². The van der Waals surface area contributed by atoms with Crippen LogP contribution < -0.4 is 5.32 Å². The second-order valence-electron chi connectivity index (χ2n) is 6.71. The Morgan fingerprint density at radius 1 is 1.12 bits per heavy atom. The van der Waals surface area contributed by atoms with Crippen LogP contribution >= 0.6 is 11.3 Å². The molecule has 1 fully saturated rings. The first-order valence-electron chi connectivity index (χ1n) is 8.90. The predicted octanol–water partition coefficient (Wildman–Crippen LogP) is 2.43. The summed E-state index contributed by atoms with van der Waals surface area (Å²) in [6.45, 7) is 6.87. The van der Waals surface area contributed by atoms with Crippen LogP contribution in [0.2, 0.25) is 0 Å². The van der Waals surface area contributed by atoms with Crippen molar-refractivity contribution < 1.29 is 9.59 Å². The smallest absolute Gasteiger partial charge is 0.234 e. The monoisotopic (exact) mass is 371 g/mol. The Bertz CT molecular complexity index is 735. The molecule has 1 N–H and O–H groups in total. The number of hydrogen-bond acceptors (Lipinski definition) is 4. The van der Waals surface area contributed by atoms with Crippen LogP contribution in [-0.4, -0.2) is 54.3 Å². The number of rotatable bonds is 5. The van der Waals surface area contributed by atoms with Gasteiger partial charge >= 0.3 is 0 Å². The fourth-order valence-corrected chi connectivity index (χ4v) is 3.97. The minimum atomic E-state index is -0.124. The molecule has 0 unspecified atom stereocenters. The molecule has 3 rings (SSSR count). The first-order chi connectivity index (χ1) is 12.5. The number of aryl methyl sites for hydroxylation is 1. The highest BCUT2D eigenvalue weighted by Crippen LogP contribution is 2.26. The van der Waals surface area contributed by atoms with Crippen molar-refractivity contribution in [2.45, 2.75) is 19.9 Å². The molecule has 1 saturated heterocycles. The van der Waals surface area contributed by atoms with Crippen LogP contribution in [0.4, 0.5) is 0 Å². The summed E-state index contributed by atoms with van der Waals surface area (Å²) in [4.78, 5) is 29.1. The number of nitrogens with zero attached hydrogens (tertiary/aromatic N) is 2. The third-order valence-electron chi connectivity index (χ3n) is 4.73. The van der Waals surface area contributed by atoms with Crippen molar-refractivity contribution in [3.8, 4) is 0 Å². The Morgan fingerprint density at radius 2 is 1.81 bits per heavy atom. The van der Waals surface area contributed by atoms with E-state index in [1.165, 1.54) is 5.56 Å². The number of carbonyl (C=O) groups excluding carboxylic acids is 2. The van der Waals surface area contributed by atoms with Gasteiger partial charge in [-0.1, -0.05) is 35.9 Å². The van der Waals surface area contributed by atoms with Gasteiger partial charge in [-0.2, -0.15) is 0 Å². The lowest BCUT2D eigenvalue weighted by Crippen LogP contribution is -2.50. The van der Waals surface area contributed by atoms with E-state index in [9.17, 15) is 9.59 Å². The molecule has 1 aromatic heterocycles. The van der Waals surface area contributed by atoms with Gasteiger partial charge in [0.05, 0.1) is 12.6 Å². The molecular weight excluding hydrogens is 346 g/mol. The first kappa shape index (κ1) is 18.6. The standard InChI is InChI=1S/C20H25N3O2S/c1-15-5-7-17(8-6-15)20(18-4-3-13-26-18)21-19(25)14-22-9-11-23(12-10-22)16(2)24/h3-8,13,20H,9-12,14H2,1-2H3,(H,21,25)/t20-/m0/s1. The maximum atomic E-state index is 12.6. The molecule has 1 atom stereocenters. The molecular formula is C20H25N3O2S. The van der Waals surface area contributed by atoms with Gasteiger partial charge in [-0.15, -0.1) is 11.3 Å². The normalized spacial score (nSPS) is 16.3. The van der Waals surface area contributed by atoms with Crippen molar-refractivity contribution >= 4 is 23.2 Å². The van der Waals surface area contributed by atoms with Gasteiger partial charge in [0.15, 0.2) is 0 Å². The summed E-state index contributed by atoms with van der Waals surface area (Å²) in [5, 5.41) is 5.22. The second kappa shape index (κ2) is 8.47. The highest BCUT2D eigenvalue weighted by molar-refractivity contribution is 7.10. The minimum Gasteiger partial charge on any atom is -0.343 e. The number of hydrogen-bond donors (Lipinski definition) is 1. The number of piperazine rings is 1. The molecule has 6 heteroatoms. The van der Waals surface area contributed by atoms with E-state index >= 15 is 0 Å². The molecule has 0 bridgehead atoms. The van der Waals surface area contributed by atoms with E-state index in [-0.39, 0.29) is 17.9 Å². The zero-order valence-electron chi connectivity index (χ0n) is 15.3. The lowest BCUT2D eigenvalue weighted by Gasteiger charge is -2.34. The van der Waals surface area contributed by atoms with E-state index in [1.807, 2.05) is 16.3 Å². The highest BCUT2D eigenvalue weighted by Gasteiger charge is 2.23. The van der Waals surface area contributed by atoms with E-state index in [0.717, 1.165) is 23.5 Å². The zero-order valence-corrected chi connectivity index (χ0v) is 16.1. The highest BCUT2D eigenvalue weighted by atomic mass is 32.1. The zero-order chi connectivity index (χ0) is 18.5. The second-order valence-corrected chi connectivity index (χ2v) is 7.69. The Labute approximate surface area is 158 Å². The van der Waals surface area contributed by atoms with Crippen LogP contribution in [0.15, 0.2) is 41.8 Å². The van der Waals surface area contributed by atoms with Crippen LogP contribution in [-0.2, 0) is 9.59 Å². The molecule has 1 aliphatic heterocycles. The fraction of sp³-hybridized carbons (Fsp3) is 0.400. The largest absolute Gasteiger partial charge is 0.343 e. The van der Waals surface area contributed by atoms with E-state index < -0.39 is 0 Å². The average Bonchev–Trinajstić information content (AvgIpc) is 3.15. The van der Waals surface area contributed by atoms with Crippen molar-refractivity contribution in [3.63, 3.8) is 0 Å². The van der Waals surface area contributed by atoms with Crippen LogP contribution in [0.5, 0.6) is 0 Å². The number of benzene rings is 1. The van der Waals surface area contributed by atoms with E-state index in [4.69, 9.17) is 0 Å². The van der Waals surface area contributed by atoms with E-state index in [2.05, 4.69) is 47.5 Å². The van der Waals surface area contributed by atoms with Gasteiger partial charge in [-0.05, 0) is 23.9 Å². The van der Waals surface area contributed by atoms with Crippen LogP contribution in [0.1, 0.15) is 29.0 Å². The molecule has 5 nitrogen and oxygen atoms in total. The summed E-state index contributed by atoms with van der Waals surface area (Å²) in [7, 11) is 0. The van der Waals surface area contributed by atoms with Crippen molar-refractivity contribution in [3.05, 3.63) is 57.8 Å². The van der Waals surface area contributed by atoms with Gasteiger partial charge in [0.1, 0.15) is 0 Å². The molecule has 138 valence electrons. The van der Waals surface area contributed by atoms with Gasteiger partial charge < -0.3 is 10.2 Å². The lowest BCUT2D eigenvalue weighted by molar-refractivity contribution is -0.131. The number of amides is 2. The quantitative estimate of drug-likeness (QED) is 0.878. The van der Waals surface area contributed by atoms with Crippen molar-refractivity contribution in [1.82, 2.24) is 15.1 Å². The molecule has 1 aliphatic rings. The molecule has 0 aliphatic carbocycles. The summed E-state index contributed by atoms with van der Waals surface area (Å²) in [5.41, 5.74) is 2.29. The summed E-state index contributed by atoms with van der Waals surface area (Å²) >= 11 is 1.65. The third kappa shape index (κ3) is 4.71. The Balaban J connectivity index is 1.63. The topological polar surface area (TPSA) is 52.7 Å². The predicted molar refractivity (Wildman–Crippen MR) is 104 cm³/mol. The van der Waals surface area contributed by atoms with Gasteiger partial charge in [0.2, 0.25) is 11.8 Å². The average molecular weight is 372 g/mol. The molecule has 2 heterocycles. The van der Waals surface area contributed by atoms with Gasteiger partial charge in [0.25, 0.3) is 0 Å². The van der Waals surface area contributed by atoms with Crippen LogP contribution in [0, 0.1) is 6.92 Å². The Kier molecular flexibility index (Phi) is 6.06. The summed E-state index contributed by atoms with van der Waals surface area (Å²) in [6, 6.07) is 12.2. The maximum Gasteiger partial charge on any atom is 0.234 e. The molecule has 26 heavy (non-hydrogen) atoms. The van der Waals surface area contributed by atoms with Gasteiger partial charge in [-0.25, -0.2) is 0 Å². The Hall–Kier alpha value is -2.18. The number of thiophene rings is 1. The van der Waals surface area contributed by atoms with E-state index in [0.29, 0.717) is 19.6 Å². The maximum absolute atomic E-state index is 12.6. The molecule has 0 radical (unpaired) electrons. The first-order valence-corrected chi connectivity index (χ1v) is 9.78. The minimum absolute atomic E-state index is 0.0141. The molecule has 2 amide bonds. The summed E-state index contributed by atoms with van der Waals surface area (Å²) < 4.78 is 0. The van der Waals surface area contributed by atoms with Crippen molar-refractivity contribution in [2.75, 3.05) is 32.7 Å². The van der Waals surface area contributed by atoms with Crippen molar-refractivity contribution in [1.29, 1.82) is 0 Å². The number of nitrogens with one attached hydrogen (secondary N) is 1. The number of carbonyl (C=O) groups is 2. The lowest BCUT2D eigenvalue weighted by atomic mass is 10.0. The SMILES string of the molecule is CC(=O)N1CCN(CC(=O)N[C@@H](c2ccc(C)cc2)c2cccs2)CC1. The van der Waals surface area contributed by atoms with Gasteiger partial charge in [-0.3, -0.25) is 14.5 Å². The third-order valence-corrected chi connectivity index (χ3v) is 5.67. The molecule has 0 saturated carbocycles. The van der Waals surface area contributed by atoms with Crippen molar-refractivity contribution in [2.24, 2.45) is 0 Å². The molecule has 2 aromatic rings. The summed E-state index contributed by atoms with van der Waals surface area (Å²) in [6.07, 6.45) is 0. The summed E-state index contributed by atoms with van der Waals surface area (Å²) in [5.74, 6) is 0.117. The Morgan fingerprint density at radius 3 is 2.38 bits per heavy atom. The molecule has 0 spiro atoms. The molecule has 1 aromatic carbocycles.